The number of carbonyl (C=O) groups is 1. The maximum absolute atomic E-state index is 11.6. The fourth-order valence-electron chi connectivity index (χ4n) is 5.04. The van der Waals surface area contributed by atoms with Gasteiger partial charge in [-0.25, -0.2) is 0 Å². The van der Waals surface area contributed by atoms with Crippen LogP contribution in [0.15, 0.2) is 18.2 Å². The summed E-state index contributed by atoms with van der Waals surface area (Å²) in [4.78, 5) is 17.2. The molecule has 4 aliphatic rings. The summed E-state index contributed by atoms with van der Waals surface area (Å²) in [5.74, 6) is 0.710. The van der Waals surface area contributed by atoms with E-state index in [1.54, 1.807) is 14.2 Å². The van der Waals surface area contributed by atoms with Gasteiger partial charge in [-0.05, 0) is 48.3 Å². The van der Waals surface area contributed by atoms with Gasteiger partial charge in [0.05, 0.1) is 20.1 Å². The fraction of sp³-hybridized carbons (Fsp3) is 0.588. The molecule has 5 atom stereocenters. The Morgan fingerprint density at radius 2 is 2.09 bits per heavy atom. The second-order valence-corrected chi connectivity index (χ2v) is 6.60. The van der Waals surface area contributed by atoms with Gasteiger partial charge in [0.25, 0.3) is 0 Å². The lowest BCUT2D eigenvalue weighted by molar-refractivity contribution is -0.260. The smallest absolute Gasteiger partial charge is 0.308 e. The molecule has 4 bridgehead atoms. The molecule has 2 aliphatic carbocycles. The molecule has 22 heavy (non-hydrogen) atoms. The lowest BCUT2D eigenvalue weighted by Gasteiger charge is -2.58. The topological polar surface area (TPSA) is 59.0 Å². The van der Waals surface area contributed by atoms with Crippen molar-refractivity contribution < 1.29 is 19.5 Å². The third kappa shape index (κ3) is 1.75. The molecular weight excluding hydrogens is 282 g/mol. The molecule has 5 rings (SSSR count). The Kier molecular flexibility index (Phi) is 3.16. The SMILES string of the molecule is COc1cccc2c1CC1C3CC(C(=O)O)C(CC23)N1OC. The zero-order valence-electron chi connectivity index (χ0n) is 12.9. The van der Waals surface area contributed by atoms with Crippen LogP contribution in [0.3, 0.4) is 0 Å². The highest BCUT2D eigenvalue weighted by Crippen LogP contribution is 2.55. The summed E-state index contributed by atoms with van der Waals surface area (Å²) in [6, 6.07) is 6.47. The second kappa shape index (κ2) is 4.96. The fourth-order valence-corrected chi connectivity index (χ4v) is 5.04. The van der Waals surface area contributed by atoms with Gasteiger partial charge in [0.15, 0.2) is 0 Å². The summed E-state index contributed by atoms with van der Waals surface area (Å²) in [5.41, 5.74) is 2.62. The lowest BCUT2D eigenvalue weighted by Crippen LogP contribution is -2.64. The first kappa shape index (κ1) is 14.0. The van der Waals surface area contributed by atoms with E-state index in [2.05, 4.69) is 6.07 Å². The number of aliphatic carboxylic acids is 1. The van der Waals surface area contributed by atoms with Crippen LogP contribution in [0.1, 0.15) is 29.9 Å². The molecule has 2 aliphatic heterocycles. The Labute approximate surface area is 129 Å². The van der Waals surface area contributed by atoms with E-state index < -0.39 is 5.97 Å². The van der Waals surface area contributed by atoms with E-state index in [1.807, 2.05) is 17.2 Å². The summed E-state index contributed by atoms with van der Waals surface area (Å²) in [6.07, 6.45) is 2.48. The molecule has 5 unspecified atom stereocenters. The van der Waals surface area contributed by atoms with Gasteiger partial charge in [-0.1, -0.05) is 12.1 Å². The maximum atomic E-state index is 11.6. The first-order valence-corrected chi connectivity index (χ1v) is 7.86. The molecule has 0 spiro atoms. The van der Waals surface area contributed by atoms with Crippen LogP contribution in [0.2, 0.25) is 0 Å². The molecule has 3 fully saturated rings. The van der Waals surface area contributed by atoms with Crippen molar-refractivity contribution in [2.45, 2.75) is 37.3 Å². The van der Waals surface area contributed by atoms with Crippen LogP contribution in [0.5, 0.6) is 5.75 Å². The Bertz CT molecular complexity index is 617. The van der Waals surface area contributed by atoms with Crippen LogP contribution < -0.4 is 4.74 Å². The summed E-state index contributed by atoms with van der Waals surface area (Å²) >= 11 is 0. The number of methoxy groups -OCH3 is 1. The minimum atomic E-state index is -0.694. The molecule has 2 heterocycles. The van der Waals surface area contributed by atoms with Crippen LogP contribution in [-0.4, -0.2) is 42.4 Å². The summed E-state index contributed by atoms with van der Waals surface area (Å²) in [7, 11) is 3.37. The van der Waals surface area contributed by atoms with Crippen molar-refractivity contribution in [2.75, 3.05) is 14.2 Å². The summed E-state index contributed by atoms with van der Waals surface area (Å²) in [5, 5.41) is 11.5. The Balaban J connectivity index is 1.78. The molecule has 1 aromatic rings. The Hall–Kier alpha value is -1.59. The average Bonchev–Trinajstić information content (AvgIpc) is 2.54. The lowest BCUT2D eigenvalue weighted by atomic mass is 9.58. The first-order valence-electron chi connectivity index (χ1n) is 7.86. The highest BCUT2D eigenvalue weighted by Gasteiger charge is 2.57. The number of fused-ring (bicyclic) bond motifs is 2. The Morgan fingerprint density at radius 3 is 2.77 bits per heavy atom. The van der Waals surface area contributed by atoms with Gasteiger partial charge in [0.1, 0.15) is 5.75 Å². The largest absolute Gasteiger partial charge is 0.496 e. The van der Waals surface area contributed by atoms with E-state index >= 15 is 0 Å². The van der Waals surface area contributed by atoms with E-state index in [1.165, 1.54) is 11.1 Å². The molecular formula is C17H21NO4. The molecule has 0 amide bonds. The molecule has 1 N–H and O–H groups in total. The standard InChI is InChI=1S/C17H21NO4/c1-21-16-5-3-4-9-10-7-15-13(17(19)20)6-11(10)14(8-12(9)16)18(15)22-2/h3-5,10-11,13-15H,6-8H2,1-2H3,(H,19,20). The second-order valence-electron chi connectivity index (χ2n) is 6.60. The van der Waals surface area contributed by atoms with E-state index in [9.17, 15) is 9.90 Å². The highest BCUT2D eigenvalue weighted by atomic mass is 16.7. The number of ether oxygens (including phenoxy) is 1. The van der Waals surface area contributed by atoms with E-state index in [0.717, 1.165) is 25.0 Å². The van der Waals surface area contributed by atoms with Crippen molar-refractivity contribution >= 4 is 5.97 Å². The third-order valence-corrected chi connectivity index (χ3v) is 5.88. The number of hydrogen-bond donors (Lipinski definition) is 1. The number of benzene rings is 1. The number of nitrogens with zero attached hydrogens (tertiary/aromatic N) is 1. The molecule has 1 aromatic carbocycles. The van der Waals surface area contributed by atoms with Crippen molar-refractivity contribution in [1.82, 2.24) is 5.06 Å². The molecule has 0 aromatic heterocycles. The van der Waals surface area contributed by atoms with E-state index in [-0.39, 0.29) is 18.0 Å². The molecule has 2 saturated heterocycles. The minimum Gasteiger partial charge on any atom is -0.496 e. The van der Waals surface area contributed by atoms with Crippen LogP contribution in [-0.2, 0) is 16.1 Å². The van der Waals surface area contributed by atoms with Gasteiger partial charge in [0, 0.05) is 12.1 Å². The molecule has 5 nitrogen and oxygen atoms in total. The summed E-state index contributed by atoms with van der Waals surface area (Å²) in [6.45, 7) is 0. The average molecular weight is 303 g/mol. The Morgan fingerprint density at radius 1 is 1.27 bits per heavy atom. The van der Waals surface area contributed by atoms with E-state index in [0.29, 0.717) is 11.8 Å². The van der Waals surface area contributed by atoms with E-state index in [4.69, 9.17) is 9.57 Å². The van der Waals surface area contributed by atoms with Gasteiger partial charge in [-0.15, -0.1) is 0 Å². The number of carboxylic acids is 1. The predicted octanol–water partition coefficient (Wildman–Crippen LogP) is 2.06. The molecule has 5 heteroatoms. The maximum Gasteiger partial charge on any atom is 0.308 e. The third-order valence-electron chi connectivity index (χ3n) is 5.88. The first-order chi connectivity index (χ1) is 10.7. The zero-order valence-corrected chi connectivity index (χ0v) is 12.9. The quantitative estimate of drug-likeness (QED) is 0.926. The summed E-state index contributed by atoms with van der Waals surface area (Å²) < 4.78 is 5.53. The van der Waals surface area contributed by atoms with Crippen molar-refractivity contribution in [2.24, 2.45) is 11.8 Å². The molecule has 0 radical (unpaired) electrons. The monoisotopic (exact) mass is 303 g/mol. The van der Waals surface area contributed by atoms with Gasteiger partial charge < -0.3 is 14.7 Å². The zero-order chi connectivity index (χ0) is 15.4. The normalized spacial score (nSPS) is 36.0. The van der Waals surface area contributed by atoms with Gasteiger partial charge >= 0.3 is 5.97 Å². The van der Waals surface area contributed by atoms with Gasteiger partial charge in [0.2, 0.25) is 0 Å². The van der Waals surface area contributed by atoms with Crippen LogP contribution >= 0.6 is 0 Å². The predicted molar refractivity (Wildman–Crippen MR) is 79.7 cm³/mol. The van der Waals surface area contributed by atoms with Crippen LogP contribution in [0.4, 0.5) is 0 Å². The van der Waals surface area contributed by atoms with Crippen LogP contribution in [0.25, 0.3) is 0 Å². The molecule has 1 saturated carbocycles. The minimum absolute atomic E-state index is 0.0261. The number of rotatable bonds is 3. The van der Waals surface area contributed by atoms with Gasteiger partial charge in [-0.3, -0.25) is 4.79 Å². The number of carboxylic acid groups (broad SMARTS) is 1. The number of hydroxylamine groups is 2. The van der Waals surface area contributed by atoms with Crippen LogP contribution in [0, 0.1) is 11.8 Å². The highest BCUT2D eigenvalue weighted by molar-refractivity contribution is 5.71. The van der Waals surface area contributed by atoms with Crippen molar-refractivity contribution in [3.63, 3.8) is 0 Å². The van der Waals surface area contributed by atoms with Crippen molar-refractivity contribution in [3.8, 4) is 5.75 Å². The number of piperidine rings is 2. The van der Waals surface area contributed by atoms with Crippen molar-refractivity contribution in [1.29, 1.82) is 0 Å². The number of hydrogen-bond acceptors (Lipinski definition) is 4. The molecule has 118 valence electrons. The van der Waals surface area contributed by atoms with Crippen molar-refractivity contribution in [3.05, 3.63) is 29.3 Å². The van der Waals surface area contributed by atoms with Gasteiger partial charge in [-0.2, -0.15) is 5.06 Å².